The molecule has 6 nitrogen and oxygen atoms in total. The smallest absolute Gasteiger partial charge is 0.339 e. The Hall–Kier alpha value is -2.67. The highest BCUT2D eigenvalue weighted by atomic mass is 32.2. The topological polar surface area (TPSA) is 80.8 Å². The summed E-state index contributed by atoms with van der Waals surface area (Å²) in [5.41, 5.74) is 0.182. The van der Waals surface area contributed by atoms with E-state index in [-0.39, 0.29) is 40.0 Å². The molecule has 0 N–H and O–H groups in total. The van der Waals surface area contributed by atoms with Gasteiger partial charge in [-0.3, -0.25) is 9.59 Å². The first-order valence-electron chi connectivity index (χ1n) is 8.95. The Morgan fingerprint density at radius 3 is 2.00 bits per heavy atom. The van der Waals surface area contributed by atoms with Gasteiger partial charge in [0.1, 0.15) is 4.90 Å². The lowest BCUT2D eigenvalue weighted by Gasteiger charge is -2.19. The van der Waals surface area contributed by atoms with E-state index in [1.165, 1.54) is 18.2 Å². The number of fused-ring (bicyclic) bond motifs is 1. The SMILES string of the molecule is O=C1C2CCCCC2C(=O)N1c1ccccc1OS(=O)(=O)c1ccccc1. The fraction of sp³-hybridized carbons (Fsp3) is 0.300. The second-order valence-corrected chi connectivity index (χ2v) is 8.37. The number of imide groups is 1. The molecule has 1 aliphatic carbocycles. The zero-order valence-corrected chi connectivity index (χ0v) is 15.4. The maximum Gasteiger partial charge on any atom is 0.339 e. The maximum absolute atomic E-state index is 12.8. The molecule has 2 unspecified atom stereocenters. The molecule has 27 heavy (non-hydrogen) atoms. The monoisotopic (exact) mass is 385 g/mol. The van der Waals surface area contributed by atoms with Crippen molar-refractivity contribution in [1.29, 1.82) is 0 Å². The molecule has 2 fully saturated rings. The zero-order valence-electron chi connectivity index (χ0n) is 14.6. The van der Waals surface area contributed by atoms with E-state index in [1.807, 2.05) is 0 Å². The van der Waals surface area contributed by atoms with Gasteiger partial charge in [0.05, 0.1) is 17.5 Å². The number of rotatable bonds is 4. The fourth-order valence-corrected chi connectivity index (χ4v) is 4.83. The molecule has 0 radical (unpaired) electrons. The summed E-state index contributed by atoms with van der Waals surface area (Å²) in [7, 11) is -4.08. The van der Waals surface area contributed by atoms with Crippen LogP contribution in [0.3, 0.4) is 0 Å². The molecule has 4 rings (SSSR count). The zero-order chi connectivity index (χ0) is 19.0. The van der Waals surface area contributed by atoms with Crippen molar-refractivity contribution in [3.63, 3.8) is 0 Å². The van der Waals surface area contributed by atoms with Gasteiger partial charge in [0.15, 0.2) is 5.75 Å². The van der Waals surface area contributed by atoms with Crippen LogP contribution in [0.2, 0.25) is 0 Å². The van der Waals surface area contributed by atoms with Gasteiger partial charge in [0.25, 0.3) is 0 Å². The number of carbonyl (C=O) groups is 2. The van der Waals surface area contributed by atoms with Gasteiger partial charge < -0.3 is 4.18 Å². The van der Waals surface area contributed by atoms with E-state index < -0.39 is 10.1 Å². The van der Waals surface area contributed by atoms with Gasteiger partial charge in [-0.25, -0.2) is 4.90 Å². The molecule has 2 aromatic carbocycles. The van der Waals surface area contributed by atoms with Crippen LogP contribution in [0, 0.1) is 11.8 Å². The third-order valence-corrected chi connectivity index (χ3v) is 6.43. The summed E-state index contributed by atoms with van der Waals surface area (Å²) in [4.78, 5) is 26.8. The Balaban J connectivity index is 1.70. The number of para-hydroxylation sites is 2. The fourth-order valence-electron chi connectivity index (χ4n) is 3.87. The molecular formula is C20H19NO5S. The lowest BCUT2D eigenvalue weighted by molar-refractivity contribution is -0.122. The van der Waals surface area contributed by atoms with E-state index in [0.29, 0.717) is 12.8 Å². The lowest BCUT2D eigenvalue weighted by atomic mass is 9.81. The summed E-state index contributed by atoms with van der Waals surface area (Å²) in [6.45, 7) is 0. The lowest BCUT2D eigenvalue weighted by Crippen LogP contribution is -2.31. The van der Waals surface area contributed by atoms with Crippen molar-refractivity contribution in [1.82, 2.24) is 0 Å². The van der Waals surface area contributed by atoms with Gasteiger partial charge in [-0.15, -0.1) is 0 Å². The Kier molecular flexibility index (Phi) is 4.47. The molecule has 0 aromatic heterocycles. The largest absolute Gasteiger partial charge is 0.377 e. The van der Waals surface area contributed by atoms with E-state index in [1.54, 1.807) is 36.4 Å². The third-order valence-electron chi connectivity index (χ3n) is 5.18. The highest BCUT2D eigenvalue weighted by Crippen LogP contribution is 2.42. The Labute approximate surface area is 157 Å². The van der Waals surface area contributed by atoms with Gasteiger partial charge in [-0.05, 0) is 37.1 Å². The predicted molar refractivity (Wildman–Crippen MR) is 98.6 cm³/mol. The normalized spacial score (nSPS) is 22.6. The number of benzene rings is 2. The van der Waals surface area contributed by atoms with Gasteiger partial charge in [0, 0.05) is 0 Å². The number of carbonyl (C=O) groups excluding carboxylic acids is 2. The first-order valence-corrected chi connectivity index (χ1v) is 10.4. The van der Waals surface area contributed by atoms with Crippen molar-refractivity contribution >= 4 is 27.6 Å². The van der Waals surface area contributed by atoms with Gasteiger partial charge in [-0.1, -0.05) is 43.2 Å². The number of nitrogens with zero attached hydrogens (tertiary/aromatic N) is 1. The molecule has 0 bridgehead atoms. The molecule has 0 spiro atoms. The number of hydrogen-bond donors (Lipinski definition) is 0. The molecular weight excluding hydrogens is 366 g/mol. The van der Waals surface area contributed by atoms with Crippen molar-refractivity contribution in [2.75, 3.05) is 4.90 Å². The molecule has 2 aromatic rings. The second-order valence-electron chi connectivity index (χ2n) is 6.83. The summed E-state index contributed by atoms with van der Waals surface area (Å²) in [6, 6.07) is 14.0. The van der Waals surface area contributed by atoms with Gasteiger partial charge >= 0.3 is 10.1 Å². The Morgan fingerprint density at radius 2 is 1.37 bits per heavy atom. The molecule has 1 heterocycles. The van der Waals surface area contributed by atoms with E-state index in [2.05, 4.69) is 0 Å². The van der Waals surface area contributed by atoms with Crippen LogP contribution < -0.4 is 9.08 Å². The summed E-state index contributed by atoms with van der Waals surface area (Å²) in [5, 5.41) is 0. The molecule has 140 valence electrons. The number of amides is 2. The summed E-state index contributed by atoms with van der Waals surface area (Å²) in [6.07, 6.45) is 3.23. The van der Waals surface area contributed by atoms with E-state index in [0.717, 1.165) is 17.7 Å². The minimum absolute atomic E-state index is 0.00699. The van der Waals surface area contributed by atoms with Crippen LogP contribution in [0.25, 0.3) is 0 Å². The highest BCUT2D eigenvalue weighted by molar-refractivity contribution is 7.87. The standard InChI is InChI=1S/C20H19NO5S/c22-19-15-10-4-5-11-16(15)20(23)21(19)17-12-6-7-13-18(17)26-27(24,25)14-8-2-1-3-9-14/h1-3,6-9,12-13,15-16H,4-5,10-11H2. The van der Waals surface area contributed by atoms with E-state index in [9.17, 15) is 18.0 Å². The van der Waals surface area contributed by atoms with Crippen LogP contribution in [0.4, 0.5) is 5.69 Å². The summed E-state index contributed by atoms with van der Waals surface area (Å²) >= 11 is 0. The number of hydrogen-bond acceptors (Lipinski definition) is 5. The number of anilines is 1. The summed E-state index contributed by atoms with van der Waals surface area (Å²) in [5.74, 6) is -1.19. The van der Waals surface area contributed by atoms with Crippen molar-refractivity contribution in [2.24, 2.45) is 11.8 Å². The molecule has 2 aliphatic rings. The molecule has 1 aliphatic heterocycles. The van der Waals surface area contributed by atoms with Crippen LogP contribution in [0.15, 0.2) is 59.5 Å². The average molecular weight is 385 g/mol. The Bertz CT molecular complexity index is 962. The Morgan fingerprint density at radius 1 is 0.815 bits per heavy atom. The quantitative estimate of drug-likeness (QED) is 0.597. The van der Waals surface area contributed by atoms with E-state index in [4.69, 9.17) is 4.18 Å². The first kappa shape index (κ1) is 17.7. The highest BCUT2D eigenvalue weighted by Gasteiger charge is 2.49. The van der Waals surface area contributed by atoms with Crippen LogP contribution in [-0.4, -0.2) is 20.2 Å². The minimum atomic E-state index is -4.08. The average Bonchev–Trinajstić information content (AvgIpc) is 2.94. The van der Waals surface area contributed by atoms with Crippen LogP contribution in [-0.2, 0) is 19.7 Å². The third kappa shape index (κ3) is 3.12. The van der Waals surface area contributed by atoms with Gasteiger partial charge in [-0.2, -0.15) is 8.42 Å². The van der Waals surface area contributed by atoms with E-state index >= 15 is 0 Å². The molecule has 2 amide bonds. The van der Waals surface area contributed by atoms with Crippen molar-refractivity contribution < 1.29 is 22.2 Å². The first-order chi connectivity index (χ1) is 13.0. The van der Waals surface area contributed by atoms with Crippen LogP contribution in [0.5, 0.6) is 5.75 Å². The second kappa shape index (κ2) is 6.81. The molecule has 2 atom stereocenters. The summed E-state index contributed by atoms with van der Waals surface area (Å²) < 4.78 is 30.5. The molecule has 1 saturated heterocycles. The van der Waals surface area contributed by atoms with Crippen LogP contribution in [0.1, 0.15) is 25.7 Å². The maximum atomic E-state index is 12.8. The molecule has 1 saturated carbocycles. The molecule has 7 heteroatoms. The predicted octanol–water partition coefficient (Wildman–Crippen LogP) is 3.13. The minimum Gasteiger partial charge on any atom is -0.377 e. The van der Waals surface area contributed by atoms with Crippen molar-refractivity contribution in [3.8, 4) is 5.75 Å². The van der Waals surface area contributed by atoms with Crippen molar-refractivity contribution in [3.05, 3.63) is 54.6 Å². The van der Waals surface area contributed by atoms with Crippen LogP contribution >= 0.6 is 0 Å². The van der Waals surface area contributed by atoms with Crippen molar-refractivity contribution in [2.45, 2.75) is 30.6 Å². The van der Waals surface area contributed by atoms with Gasteiger partial charge in [0.2, 0.25) is 11.8 Å².